The fraction of sp³-hybridized carbons (Fsp3) is 0.600. The van der Waals surface area contributed by atoms with Gasteiger partial charge in [0.2, 0.25) is 0 Å². The molecule has 0 aliphatic rings. The van der Waals surface area contributed by atoms with Gasteiger partial charge in [0.25, 0.3) is 0 Å². The molecule has 0 saturated heterocycles. The van der Waals surface area contributed by atoms with Gasteiger partial charge in [-0.15, -0.1) is 0 Å². The average Bonchev–Trinajstić information content (AvgIpc) is 1.87. The molecule has 1 nitrogen and oxygen atoms in total. The first-order chi connectivity index (χ1) is 5.16. The zero-order chi connectivity index (χ0) is 8.69. The second-order valence-corrected chi connectivity index (χ2v) is 3.04. The molecular formula is C10H18O. The van der Waals surface area contributed by atoms with Crippen LogP contribution >= 0.6 is 0 Å². The van der Waals surface area contributed by atoms with Crippen molar-refractivity contribution in [1.29, 1.82) is 0 Å². The second kappa shape index (κ2) is 6.17. The van der Waals surface area contributed by atoms with E-state index in [2.05, 4.69) is 26.5 Å². The molecule has 0 unspecified atom stereocenters. The van der Waals surface area contributed by atoms with Crippen molar-refractivity contribution in [1.82, 2.24) is 0 Å². The Morgan fingerprint density at radius 2 is 2.00 bits per heavy atom. The molecule has 0 atom stereocenters. The molecule has 0 heterocycles. The molecule has 0 saturated carbocycles. The summed E-state index contributed by atoms with van der Waals surface area (Å²) in [4.78, 5) is 0. The lowest BCUT2D eigenvalue weighted by Crippen LogP contribution is -1.86. The highest BCUT2D eigenvalue weighted by atomic mass is 16.2. The molecule has 0 aliphatic heterocycles. The van der Waals surface area contributed by atoms with Crippen LogP contribution in [0, 0.1) is 0 Å². The molecule has 64 valence electrons. The van der Waals surface area contributed by atoms with Crippen LogP contribution in [0.4, 0.5) is 0 Å². The third-order valence-corrected chi connectivity index (χ3v) is 1.52. The molecule has 0 radical (unpaired) electrons. The maximum atomic E-state index is 8.57. The summed E-state index contributed by atoms with van der Waals surface area (Å²) in [6.45, 7) is 8.27. The van der Waals surface area contributed by atoms with Crippen LogP contribution in [0.3, 0.4) is 0 Å². The topological polar surface area (TPSA) is 20.2 Å². The van der Waals surface area contributed by atoms with Crippen molar-refractivity contribution in [3.8, 4) is 0 Å². The summed E-state index contributed by atoms with van der Waals surface area (Å²) in [5.74, 6) is 0. The minimum atomic E-state index is 0.230. The zero-order valence-corrected chi connectivity index (χ0v) is 7.56. The third-order valence-electron chi connectivity index (χ3n) is 1.52. The van der Waals surface area contributed by atoms with E-state index in [0.29, 0.717) is 0 Å². The molecule has 0 aromatic carbocycles. The Hall–Kier alpha value is -0.560. The Morgan fingerprint density at radius 3 is 2.45 bits per heavy atom. The summed E-state index contributed by atoms with van der Waals surface area (Å²) in [5, 5.41) is 8.57. The smallest absolute Gasteiger partial charge is 0.0468 e. The Morgan fingerprint density at radius 1 is 1.36 bits per heavy atom. The Labute approximate surface area is 69.4 Å². The van der Waals surface area contributed by atoms with Crippen molar-refractivity contribution in [2.45, 2.75) is 33.1 Å². The lowest BCUT2D eigenvalue weighted by atomic mass is 10.1. The first-order valence-electron chi connectivity index (χ1n) is 4.07. The van der Waals surface area contributed by atoms with E-state index in [0.717, 1.165) is 24.8 Å². The van der Waals surface area contributed by atoms with Crippen molar-refractivity contribution >= 4 is 0 Å². The van der Waals surface area contributed by atoms with Gasteiger partial charge in [0, 0.05) is 6.61 Å². The monoisotopic (exact) mass is 154 g/mol. The van der Waals surface area contributed by atoms with Crippen molar-refractivity contribution in [2.75, 3.05) is 6.61 Å². The van der Waals surface area contributed by atoms with E-state index >= 15 is 0 Å². The lowest BCUT2D eigenvalue weighted by molar-refractivity contribution is 0.298. The van der Waals surface area contributed by atoms with Gasteiger partial charge in [-0.1, -0.05) is 23.8 Å². The van der Waals surface area contributed by atoms with E-state index in [1.54, 1.807) is 0 Å². The molecular weight excluding hydrogens is 136 g/mol. The standard InChI is InChI=1S/C10H18O/c1-9(2)5-4-6-10(3)7-8-11/h5,11H,3-4,6-8H2,1-2H3. The first-order valence-corrected chi connectivity index (χ1v) is 4.07. The SMILES string of the molecule is C=C(CCO)CCC=C(C)C. The van der Waals surface area contributed by atoms with Gasteiger partial charge in [0.1, 0.15) is 0 Å². The highest BCUT2D eigenvalue weighted by Gasteiger charge is 1.90. The van der Waals surface area contributed by atoms with E-state index in [1.807, 2.05) is 0 Å². The van der Waals surface area contributed by atoms with Gasteiger partial charge in [-0.25, -0.2) is 0 Å². The summed E-state index contributed by atoms with van der Waals surface area (Å²) in [5.41, 5.74) is 2.49. The fourth-order valence-corrected chi connectivity index (χ4v) is 0.848. The van der Waals surface area contributed by atoms with Gasteiger partial charge < -0.3 is 5.11 Å². The fourth-order valence-electron chi connectivity index (χ4n) is 0.848. The number of hydrogen-bond acceptors (Lipinski definition) is 1. The van der Waals surface area contributed by atoms with Gasteiger partial charge in [0.15, 0.2) is 0 Å². The minimum Gasteiger partial charge on any atom is -0.396 e. The maximum absolute atomic E-state index is 8.57. The first kappa shape index (κ1) is 10.4. The van der Waals surface area contributed by atoms with Crippen LogP contribution in [0.5, 0.6) is 0 Å². The molecule has 0 aromatic rings. The van der Waals surface area contributed by atoms with Crippen LogP contribution in [0.1, 0.15) is 33.1 Å². The largest absolute Gasteiger partial charge is 0.396 e. The molecule has 0 amide bonds. The molecule has 0 rings (SSSR count). The maximum Gasteiger partial charge on any atom is 0.0468 e. The van der Waals surface area contributed by atoms with E-state index in [1.165, 1.54) is 5.57 Å². The van der Waals surface area contributed by atoms with E-state index in [9.17, 15) is 0 Å². The van der Waals surface area contributed by atoms with Crippen LogP contribution in [0.2, 0.25) is 0 Å². The van der Waals surface area contributed by atoms with Crippen LogP contribution < -0.4 is 0 Å². The molecule has 0 spiro atoms. The normalized spacial score (nSPS) is 9.36. The lowest BCUT2D eigenvalue weighted by Gasteiger charge is -1.99. The van der Waals surface area contributed by atoms with Crippen molar-refractivity contribution in [3.63, 3.8) is 0 Å². The number of aliphatic hydroxyl groups is 1. The summed E-state index contributed by atoms with van der Waals surface area (Å²) in [6.07, 6.45) is 5.01. The molecule has 1 N–H and O–H groups in total. The third kappa shape index (κ3) is 7.34. The molecule has 11 heavy (non-hydrogen) atoms. The predicted molar refractivity (Wildman–Crippen MR) is 49.5 cm³/mol. The van der Waals surface area contributed by atoms with Gasteiger partial charge in [0.05, 0.1) is 0 Å². The van der Waals surface area contributed by atoms with E-state index in [-0.39, 0.29) is 6.61 Å². The molecule has 0 fully saturated rings. The highest BCUT2D eigenvalue weighted by molar-refractivity contribution is 4.99. The highest BCUT2D eigenvalue weighted by Crippen LogP contribution is 2.07. The van der Waals surface area contributed by atoms with Crippen molar-refractivity contribution in [3.05, 3.63) is 23.8 Å². The Balaban J connectivity index is 3.39. The van der Waals surface area contributed by atoms with Crippen LogP contribution in [-0.2, 0) is 0 Å². The van der Waals surface area contributed by atoms with Crippen molar-refractivity contribution in [2.24, 2.45) is 0 Å². The number of hydrogen-bond donors (Lipinski definition) is 1. The predicted octanol–water partition coefficient (Wildman–Crippen LogP) is 2.67. The molecule has 1 heteroatoms. The molecule has 0 aromatic heterocycles. The van der Waals surface area contributed by atoms with E-state index < -0.39 is 0 Å². The Bertz CT molecular complexity index is 141. The second-order valence-electron chi connectivity index (χ2n) is 3.04. The number of rotatable bonds is 5. The van der Waals surface area contributed by atoms with Gasteiger partial charge in [-0.3, -0.25) is 0 Å². The quantitative estimate of drug-likeness (QED) is 0.604. The van der Waals surface area contributed by atoms with Gasteiger partial charge >= 0.3 is 0 Å². The summed E-state index contributed by atoms with van der Waals surface area (Å²) < 4.78 is 0. The number of allylic oxidation sites excluding steroid dienone is 2. The Kier molecular flexibility index (Phi) is 5.86. The molecule has 0 bridgehead atoms. The van der Waals surface area contributed by atoms with Gasteiger partial charge in [-0.2, -0.15) is 0 Å². The summed E-state index contributed by atoms with van der Waals surface area (Å²) in [7, 11) is 0. The van der Waals surface area contributed by atoms with E-state index in [4.69, 9.17) is 5.11 Å². The van der Waals surface area contributed by atoms with Crippen LogP contribution in [0.15, 0.2) is 23.8 Å². The van der Waals surface area contributed by atoms with Gasteiger partial charge in [-0.05, 0) is 33.1 Å². The zero-order valence-electron chi connectivity index (χ0n) is 7.56. The average molecular weight is 154 g/mol. The molecule has 0 aliphatic carbocycles. The van der Waals surface area contributed by atoms with Crippen LogP contribution in [-0.4, -0.2) is 11.7 Å². The summed E-state index contributed by atoms with van der Waals surface area (Å²) >= 11 is 0. The number of aliphatic hydroxyl groups excluding tert-OH is 1. The minimum absolute atomic E-state index is 0.230. The van der Waals surface area contributed by atoms with Crippen molar-refractivity contribution < 1.29 is 5.11 Å². The summed E-state index contributed by atoms with van der Waals surface area (Å²) in [6, 6.07) is 0. The van der Waals surface area contributed by atoms with Crippen LogP contribution in [0.25, 0.3) is 0 Å².